The molecule has 196 valence electrons. The molecule has 2 aromatic carbocycles. The van der Waals surface area contributed by atoms with Gasteiger partial charge in [-0.2, -0.15) is 0 Å². The van der Waals surface area contributed by atoms with Crippen LogP contribution in [0.25, 0.3) is 11.1 Å². The molecule has 36 heavy (non-hydrogen) atoms. The Hall–Kier alpha value is -3.15. The second kappa shape index (κ2) is 16.5. The standard InChI is InChI=1S/C30H42N2O4/c1-3-4-5-6-7-8-12-18-28(33)31-27(30(35)36)17-13-14-23-32(2)29(34)26-21-19-25(20-22-26)24-15-10-9-11-16-24/h9-11,15-16,19-22,27H,3-8,12-14,17-18,23H2,1-2H3,(H,31,33)(H,35,36). The largest absolute Gasteiger partial charge is 0.480 e. The van der Waals surface area contributed by atoms with Gasteiger partial charge in [-0.3, -0.25) is 9.59 Å². The van der Waals surface area contributed by atoms with Crippen molar-refractivity contribution in [2.24, 2.45) is 0 Å². The van der Waals surface area contributed by atoms with E-state index >= 15 is 0 Å². The fourth-order valence-corrected chi connectivity index (χ4v) is 4.22. The summed E-state index contributed by atoms with van der Waals surface area (Å²) in [5, 5.41) is 12.1. The first-order chi connectivity index (χ1) is 17.4. The molecule has 2 N–H and O–H groups in total. The Balaban J connectivity index is 1.68. The van der Waals surface area contributed by atoms with E-state index in [9.17, 15) is 19.5 Å². The van der Waals surface area contributed by atoms with Gasteiger partial charge in [0.2, 0.25) is 5.91 Å². The van der Waals surface area contributed by atoms with Gasteiger partial charge in [0.05, 0.1) is 0 Å². The van der Waals surface area contributed by atoms with Crippen molar-refractivity contribution >= 4 is 17.8 Å². The molecule has 0 radical (unpaired) electrons. The smallest absolute Gasteiger partial charge is 0.326 e. The highest BCUT2D eigenvalue weighted by Gasteiger charge is 2.19. The Morgan fingerprint density at radius 3 is 2.06 bits per heavy atom. The molecule has 2 rings (SSSR count). The van der Waals surface area contributed by atoms with Crippen molar-refractivity contribution in [2.45, 2.75) is 83.6 Å². The highest BCUT2D eigenvalue weighted by atomic mass is 16.4. The highest BCUT2D eigenvalue weighted by Crippen LogP contribution is 2.20. The molecule has 2 aromatic rings. The molecule has 0 saturated carbocycles. The van der Waals surface area contributed by atoms with E-state index < -0.39 is 12.0 Å². The molecule has 0 heterocycles. The van der Waals surface area contributed by atoms with Gasteiger partial charge in [0.25, 0.3) is 5.91 Å². The number of nitrogens with zero attached hydrogens (tertiary/aromatic N) is 1. The lowest BCUT2D eigenvalue weighted by Crippen LogP contribution is -2.40. The van der Waals surface area contributed by atoms with Crippen LogP contribution in [0.2, 0.25) is 0 Å². The zero-order valence-corrected chi connectivity index (χ0v) is 21.9. The van der Waals surface area contributed by atoms with Gasteiger partial charge >= 0.3 is 5.97 Å². The van der Waals surface area contributed by atoms with Crippen LogP contribution in [0.3, 0.4) is 0 Å². The van der Waals surface area contributed by atoms with Crippen molar-refractivity contribution in [3.63, 3.8) is 0 Å². The van der Waals surface area contributed by atoms with Crippen molar-refractivity contribution in [3.8, 4) is 11.1 Å². The summed E-state index contributed by atoms with van der Waals surface area (Å²) in [6.07, 6.45) is 9.84. The Kier molecular flexibility index (Phi) is 13.3. The topological polar surface area (TPSA) is 86.7 Å². The molecule has 2 amide bonds. The molecule has 6 nitrogen and oxygen atoms in total. The lowest BCUT2D eigenvalue weighted by Gasteiger charge is -2.19. The van der Waals surface area contributed by atoms with Crippen LogP contribution in [0.1, 0.15) is 87.9 Å². The summed E-state index contributed by atoms with van der Waals surface area (Å²) in [4.78, 5) is 38.2. The molecule has 1 unspecified atom stereocenters. The van der Waals surface area contributed by atoms with Crippen LogP contribution in [0.15, 0.2) is 54.6 Å². The highest BCUT2D eigenvalue weighted by molar-refractivity contribution is 5.94. The van der Waals surface area contributed by atoms with Crippen LogP contribution >= 0.6 is 0 Å². The molecule has 0 saturated heterocycles. The average molecular weight is 495 g/mol. The third-order valence-electron chi connectivity index (χ3n) is 6.46. The second-order valence-electron chi connectivity index (χ2n) is 9.50. The van der Waals surface area contributed by atoms with E-state index in [1.165, 1.54) is 25.7 Å². The number of carbonyl (C=O) groups excluding carboxylic acids is 2. The number of benzene rings is 2. The van der Waals surface area contributed by atoms with Gasteiger partial charge in [-0.15, -0.1) is 0 Å². The number of nitrogens with one attached hydrogen (secondary N) is 1. The molecule has 0 bridgehead atoms. The summed E-state index contributed by atoms with van der Waals surface area (Å²) >= 11 is 0. The van der Waals surface area contributed by atoms with Crippen molar-refractivity contribution < 1.29 is 19.5 Å². The van der Waals surface area contributed by atoms with Gasteiger partial charge in [0, 0.05) is 25.6 Å². The summed E-state index contributed by atoms with van der Waals surface area (Å²) in [5.41, 5.74) is 2.79. The molecule has 0 spiro atoms. The minimum Gasteiger partial charge on any atom is -0.480 e. The number of hydrogen-bond donors (Lipinski definition) is 2. The molecular weight excluding hydrogens is 452 g/mol. The maximum Gasteiger partial charge on any atom is 0.326 e. The van der Waals surface area contributed by atoms with Gasteiger partial charge in [0.1, 0.15) is 6.04 Å². The van der Waals surface area contributed by atoms with Crippen LogP contribution < -0.4 is 5.32 Å². The lowest BCUT2D eigenvalue weighted by molar-refractivity contribution is -0.142. The van der Waals surface area contributed by atoms with Crippen LogP contribution in [-0.2, 0) is 9.59 Å². The summed E-state index contributed by atoms with van der Waals surface area (Å²) in [6.45, 7) is 2.71. The normalized spacial score (nSPS) is 11.6. The van der Waals surface area contributed by atoms with E-state index in [-0.39, 0.29) is 11.8 Å². The van der Waals surface area contributed by atoms with Gasteiger partial charge in [0.15, 0.2) is 0 Å². The Labute approximate surface area is 216 Å². The van der Waals surface area contributed by atoms with Crippen molar-refractivity contribution in [1.82, 2.24) is 10.2 Å². The molecule has 6 heteroatoms. The van der Waals surface area contributed by atoms with E-state index in [0.717, 1.165) is 30.4 Å². The molecular formula is C30H42N2O4. The SMILES string of the molecule is CCCCCCCCCC(=O)NC(CCCCN(C)C(=O)c1ccc(-c2ccccc2)cc1)C(=O)O. The van der Waals surface area contributed by atoms with Crippen LogP contribution in [0.5, 0.6) is 0 Å². The fraction of sp³-hybridized carbons (Fsp3) is 0.500. The van der Waals surface area contributed by atoms with Crippen LogP contribution in [0, 0.1) is 0 Å². The quantitative estimate of drug-likeness (QED) is 0.252. The Morgan fingerprint density at radius 2 is 1.42 bits per heavy atom. The van der Waals surface area contributed by atoms with Crippen LogP contribution in [-0.4, -0.2) is 47.4 Å². The number of rotatable bonds is 17. The zero-order valence-electron chi connectivity index (χ0n) is 21.9. The predicted octanol–water partition coefficient (Wildman–Crippen LogP) is 6.31. The molecule has 1 atom stereocenters. The molecule has 0 fully saturated rings. The predicted molar refractivity (Wildman–Crippen MR) is 145 cm³/mol. The second-order valence-corrected chi connectivity index (χ2v) is 9.50. The van der Waals surface area contributed by atoms with E-state index in [4.69, 9.17) is 0 Å². The van der Waals surface area contributed by atoms with E-state index in [1.54, 1.807) is 11.9 Å². The zero-order chi connectivity index (χ0) is 26.2. The molecule has 0 aliphatic rings. The lowest BCUT2D eigenvalue weighted by atomic mass is 10.0. The number of carbonyl (C=O) groups is 3. The summed E-state index contributed by atoms with van der Waals surface area (Å²) in [5.74, 6) is -1.26. The minimum absolute atomic E-state index is 0.0626. The summed E-state index contributed by atoms with van der Waals surface area (Å²) in [6, 6.07) is 16.7. The van der Waals surface area contributed by atoms with Crippen molar-refractivity contribution in [3.05, 3.63) is 60.2 Å². The van der Waals surface area contributed by atoms with Gasteiger partial charge in [-0.25, -0.2) is 4.79 Å². The van der Waals surface area contributed by atoms with Crippen LogP contribution in [0.4, 0.5) is 0 Å². The van der Waals surface area contributed by atoms with E-state index in [1.807, 2.05) is 54.6 Å². The first-order valence-corrected chi connectivity index (χ1v) is 13.4. The van der Waals surface area contributed by atoms with Crippen molar-refractivity contribution in [2.75, 3.05) is 13.6 Å². The fourth-order valence-electron chi connectivity index (χ4n) is 4.22. The monoisotopic (exact) mass is 494 g/mol. The number of hydrogen-bond acceptors (Lipinski definition) is 3. The number of amides is 2. The first-order valence-electron chi connectivity index (χ1n) is 13.4. The Morgan fingerprint density at radius 1 is 0.806 bits per heavy atom. The maximum atomic E-state index is 12.7. The number of unbranched alkanes of at least 4 members (excludes halogenated alkanes) is 7. The van der Waals surface area contributed by atoms with Crippen molar-refractivity contribution in [1.29, 1.82) is 0 Å². The van der Waals surface area contributed by atoms with Gasteiger partial charge < -0.3 is 15.3 Å². The van der Waals surface area contributed by atoms with Gasteiger partial charge in [-0.05, 0) is 48.9 Å². The average Bonchev–Trinajstić information content (AvgIpc) is 2.89. The summed E-state index contributed by atoms with van der Waals surface area (Å²) in [7, 11) is 1.76. The van der Waals surface area contributed by atoms with Gasteiger partial charge in [-0.1, -0.05) is 87.9 Å². The molecule has 0 aliphatic heterocycles. The number of aliphatic carboxylic acids is 1. The first kappa shape index (κ1) is 29.1. The number of carboxylic acids is 1. The third kappa shape index (κ3) is 10.6. The third-order valence-corrected chi connectivity index (χ3v) is 6.46. The Bertz CT molecular complexity index is 928. The molecule has 0 aliphatic carbocycles. The number of carboxylic acid groups (broad SMARTS) is 1. The summed E-state index contributed by atoms with van der Waals surface area (Å²) < 4.78 is 0. The van der Waals surface area contributed by atoms with E-state index in [0.29, 0.717) is 37.8 Å². The minimum atomic E-state index is -1.01. The molecule has 0 aromatic heterocycles. The van der Waals surface area contributed by atoms with E-state index in [2.05, 4.69) is 12.2 Å². The maximum absolute atomic E-state index is 12.7.